The molecule has 0 amide bonds. The van der Waals surface area contributed by atoms with E-state index in [1.807, 2.05) is 19.2 Å². The second kappa shape index (κ2) is 4.47. The van der Waals surface area contributed by atoms with Gasteiger partial charge in [-0.2, -0.15) is 0 Å². The van der Waals surface area contributed by atoms with Crippen LogP contribution in [-0.2, 0) is 0 Å². The number of hydrogen-bond acceptors (Lipinski definition) is 2. The van der Waals surface area contributed by atoms with E-state index in [0.717, 1.165) is 11.4 Å². The molecule has 1 aliphatic rings. The molecule has 1 aliphatic carbocycles. The highest BCUT2D eigenvalue weighted by Gasteiger charge is 2.15. The van der Waals surface area contributed by atoms with Gasteiger partial charge in [-0.15, -0.1) is 0 Å². The highest BCUT2D eigenvalue weighted by atomic mass is 14.9. The lowest BCUT2D eigenvalue weighted by Gasteiger charge is -2.15. The molecular formula is C13H18N2. The second-order valence-electron chi connectivity index (χ2n) is 4.33. The molecule has 0 bridgehead atoms. The molecule has 1 N–H and O–H groups in total. The number of pyridine rings is 1. The first kappa shape index (κ1) is 10.2. The second-order valence-corrected chi connectivity index (χ2v) is 4.33. The van der Waals surface area contributed by atoms with Gasteiger partial charge in [0.05, 0.1) is 11.4 Å². The van der Waals surface area contributed by atoms with Crippen LogP contribution in [0.5, 0.6) is 0 Å². The van der Waals surface area contributed by atoms with Crippen molar-refractivity contribution in [1.29, 1.82) is 0 Å². The molecule has 15 heavy (non-hydrogen) atoms. The topological polar surface area (TPSA) is 24.9 Å². The van der Waals surface area contributed by atoms with Gasteiger partial charge in [0.25, 0.3) is 0 Å². The fraction of sp³-hybridized carbons (Fsp3) is 0.462. The molecule has 1 fully saturated rings. The van der Waals surface area contributed by atoms with Crippen molar-refractivity contribution in [3.05, 3.63) is 36.2 Å². The molecule has 0 aromatic carbocycles. The molecule has 2 rings (SSSR count). The number of aromatic nitrogens is 1. The van der Waals surface area contributed by atoms with E-state index in [-0.39, 0.29) is 0 Å². The van der Waals surface area contributed by atoms with E-state index >= 15 is 0 Å². The van der Waals surface area contributed by atoms with Crippen LogP contribution in [0.25, 0.3) is 5.70 Å². The van der Waals surface area contributed by atoms with Gasteiger partial charge in [0.2, 0.25) is 0 Å². The molecule has 0 aliphatic heterocycles. The Hall–Kier alpha value is -1.31. The monoisotopic (exact) mass is 202 g/mol. The molecule has 0 unspecified atom stereocenters. The molecule has 0 saturated heterocycles. The van der Waals surface area contributed by atoms with Crippen molar-refractivity contribution in [3.8, 4) is 0 Å². The first-order valence-corrected chi connectivity index (χ1v) is 5.64. The molecule has 2 heteroatoms. The van der Waals surface area contributed by atoms with Crippen LogP contribution in [0.15, 0.2) is 24.9 Å². The van der Waals surface area contributed by atoms with Gasteiger partial charge in [0.1, 0.15) is 0 Å². The summed E-state index contributed by atoms with van der Waals surface area (Å²) < 4.78 is 0. The first-order chi connectivity index (χ1) is 7.25. The van der Waals surface area contributed by atoms with E-state index < -0.39 is 0 Å². The van der Waals surface area contributed by atoms with E-state index in [2.05, 4.69) is 22.9 Å². The summed E-state index contributed by atoms with van der Waals surface area (Å²) in [5.41, 5.74) is 3.11. The lowest BCUT2D eigenvalue weighted by atomic mass is 10.2. The highest BCUT2D eigenvalue weighted by Crippen LogP contribution is 2.20. The van der Waals surface area contributed by atoms with Crippen LogP contribution in [-0.4, -0.2) is 11.0 Å². The van der Waals surface area contributed by atoms with Crippen molar-refractivity contribution < 1.29 is 0 Å². The van der Waals surface area contributed by atoms with Gasteiger partial charge in [0.15, 0.2) is 0 Å². The Morgan fingerprint density at radius 3 is 2.73 bits per heavy atom. The lowest BCUT2D eigenvalue weighted by molar-refractivity contribution is 0.618. The Labute approximate surface area is 91.4 Å². The Bertz CT molecular complexity index is 334. The SMILES string of the molecule is C=C(NC1CCCC1)c1ccc(C)cn1. The maximum atomic E-state index is 4.36. The zero-order chi connectivity index (χ0) is 10.7. The quantitative estimate of drug-likeness (QED) is 0.815. The highest BCUT2D eigenvalue weighted by molar-refractivity contribution is 5.58. The van der Waals surface area contributed by atoms with Crippen molar-refractivity contribution in [1.82, 2.24) is 10.3 Å². The zero-order valence-corrected chi connectivity index (χ0v) is 9.29. The van der Waals surface area contributed by atoms with E-state index in [1.54, 1.807) is 0 Å². The Morgan fingerprint density at radius 1 is 1.40 bits per heavy atom. The zero-order valence-electron chi connectivity index (χ0n) is 9.29. The predicted molar refractivity (Wildman–Crippen MR) is 63.4 cm³/mol. The minimum absolute atomic E-state index is 0.612. The fourth-order valence-electron chi connectivity index (χ4n) is 2.04. The maximum absolute atomic E-state index is 4.36. The smallest absolute Gasteiger partial charge is 0.0855 e. The maximum Gasteiger partial charge on any atom is 0.0855 e. The van der Waals surface area contributed by atoms with Gasteiger partial charge >= 0.3 is 0 Å². The van der Waals surface area contributed by atoms with Crippen LogP contribution in [0.2, 0.25) is 0 Å². The number of hydrogen-bond donors (Lipinski definition) is 1. The van der Waals surface area contributed by atoms with Gasteiger partial charge in [-0.05, 0) is 31.4 Å². The van der Waals surface area contributed by atoms with Gasteiger partial charge < -0.3 is 5.32 Å². The molecule has 2 nitrogen and oxygen atoms in total. The molecule has 0 atom stereocenters. The molecule has 1 saturated carbocycles. The van der Waals surface area contributed by atoms with E-state index in [1.165, 1.54) is 31.2 Å². The summed E-state index contributed by atoms with van der Waals surface area (Å²) in [4.78, 5) is 4.36. The van der Waals surface area contributed by atoms with Crippen molar-refractivity contribution in [2.45, 2.75) is 38.6 Å². The van der Waals surface area contributed by atoms with Crippen LogP contribution in [0.1, 0.15) is 36.9 Å². The molecule has 0 radical (unpaired) electrons. The van der Waals surface area contributed by atoms with Crippen molar-refractivity contribution in [2.24, 2.45) is 0 Å². The summed E-state index contributed by atoms with van der Waals surface area (Å²) in [5, 5.41) is 3.46. The van der Waals surface area contributed by atoms with Gasteiger partial charge in [0, 0.05) is 12.2 Å². The number of nitrogens with one attached hydrogen (secondary N) is 1. The molecule has 1 aromatic heterocycles. The third-order valence-electron chi connectivity index (χ3n) is 2.95. The van der Waals surface area contributed by atoms with Gasteiger partial charge in [-0.3, -0.25) is 4.98 Å². The Balaban J connectivity index is 1.98. The summed E-state index contributed by atoms with van der Waals surface area (Å²) in [6.07, 6.45) is 7.10. The average molecular weight is 202 g/mol. The van der Waals surface area contributed by atoms with Gasteiger partial charge in [-0.25, -0.2) is 0 Å². The van der Waals surface area contributed by atoms with E-state index in [4.69, 9.17) is 0 Å². The predicted octanol–water partition coefficient (Wildman–Crippen LogP) is 2.89. The van der Waals surface area contributed by atoms with Crippen LogP contribution >= 0.6 is 0 Å². The average Bonchev–Trinajstić information content (AvgIpc) is 2.71. The molecular weight excluding hydrogens is 184 g/mol. The molecule has 1 heterocycles. The van der Waals surface area contributed by atoms with Crippen molar-refractivity contribution >= 4 is 5.70 Å². The summed E-state index contributed by atoms with van der Waals surface area (Å²) in [5.74, 6) is 0. The summed E-state index contributed by atoms with van der Waals surface area (Å²) in [7, 11) is 0. The first-order valence-electron chi connectivity index (χ1n) is 5.64. The van der Waals surface area contributed by atoms with Crippen LogP contribution in [0.4, 0.5) is 0 Å². The number of nitrogens with zero attached hydrogens (tertiary/aromatic N) is 1. The normalized spacial score (nSPS) is 16.6. The van der Waals surface area contributed by atoms with E-state index in [9.17, 15) is 0 Å². The van der Waals surface area contributed by atoms with Crippen molar-refractivity contribution in [3.63, 3.8) is 0 Å². The standard InChI is InChI=1S/C13H18N2/c1-10-7-8-13(14-9-10)11(2)15-12-5-3-4-6-12/h7-9,12,15H,2-6H2,1H3. The minimum Gasteiger partial charge on any atom is -0.381 e. The largest absolute Gasteiger partial charge is 0.381 e. The Kier molecular flexibility index (Phi) is 3.05. The number of aryl methyl sites for hydroxylation is 1. The van der Waals surface area contributed by atoms with E-state index in [0.29, 0.717) is 6.04 Å². The third kappa shape index (κ3) is 2.58. The summed E-state index contributed by atoms with van der Waals surface area (Å²) in [6.45, 7) is 6.09. The molecule has 0 spiro atoms. The lowest BCUT2D eigenvalue weighted by Crippen LogP contribution is -2.24. The number of rotatable bonds is 3. The van der Waals surface area contributed by atoms with Crippen LogP contribution in [0.3, 0.4) is 0 Å². The minimum atomic E-state index is 0.612. The van der Waals surface area contributed by atoms with Gasteiger partial charge in [-0.1, -0.05) is 25.5 Å². The van der Waals surface area contributed by atoms with Crippen molar-refractivity contribution in [2.75, 3.05) is 0 Å². The van der Waals surface area contributed by atoms with Crippen LogP contribution < -0.4 is 5.32 Å². The summed E-state index contributed by atoms with van der Waals surface area (Å²) in [6, 6.07) is 4.71. The summed E-state index contributed by atoms with van der Waals surface area (Å²) >= 11 is 0. The fourth-order valence-corrected chi connectivity index (χ4v) is 2.04. The molecule has 1 aromatic rings. The van der Waals surface area contributed by atoms with Crippen LogP contribution in [0, 0.1) is 6.92 Å². The third-order valence-corrected chi connectivity index (χ3v) is 2.95. The Morgan fingerprint density at radius 2 is 2.13 bits per heavy atom. The molecule has 80 valence electrons.